The van der Waals surface area contributed by atoms with Gasteiger partial charge < -0.3 is 60.5 Å². The van der Waals surface area contributed by atoms with Gasteiger partial charge in [-0.3, -0.25) is 57.5 Å². The van der Waals surface area contributed by atoms with Crippen LogP contribution in [0.25, 0.3) is 0 Å². The Morgan fingerprint density at radius 3 is 1.82 bits per heavy atom. The van der Waals surface area contributed by atoms with E-state index >= 15 is 9.59 Å². The van der Waals surface area contributed by atoms with Crippen LogP contribution in [0.3, 0.4) is 0 Å². The lowest BCUT2D eigenvalue weighted by Crippen LogP contribution is -2.65. The summed E-state index contributed by atoms with van der Waals surface area (Å²) in [6.45, 7) is 14.9. The van der Waals surface area contributed by atoms with Gasteiger partial charge >= 0.3 is 6.18 Å². The second kappa shape index (κ2) is 34.1. The van der Waals surface area contributed by atoms with Gasteiger partial charge in [-0.1, -0.05) is 115 Å². The molecule has 2 aromatic carbocycles. The molecule has 538 valence electrons. The molecule has 97 heavy (non-hydrogen) atoms. The number of nitrogens with zero attached hydrogens (tertiary/aromatic N) is 8. The van der Waals surface area contributed by atoms with Crippen LogP contribution in [-0.4, -0.2) is 239 Å². The van der Waals surface area contributed by atoms with Crippen LogP contribution < -0.4 is 21.3 Å². The molecule has 0 radical (unpaired) electrons. The summed E-state index contributed by atoms with van der Waals surface area (Å²) in [5.41, 5.74) is -0.921. The first-order valence-corrected chi connectivity index (χ1v) is 33.8. The number of aryl methyl sites for hydroxylation is 2. The highest BCUT2D eigenvalue weighted by Crippen LogP contribution is 2.36. The molecule has 1 aliphatic carbocycles. The standard InChI is InChI=1S/C69H102ClF3N12O12/c1-18-41(6)56-65(95)80(13)44(9)61(91)85-33-30-50(85)64(94)82(15)52(36-46-24-22-40(5)23-25-46)63(93)79(12)38-54(86)75-49(29-27-45-26-28-47(48(70)35-45)69(71,72)73)59(89)74-43(8)58(88)77-68(31-20-21-32-68)67(97)84(17)57(42(7)19-2)66(96)83(16)53(62(92)78(10)11)37-55(87)81(14)51(34-39(3)4)60(90)76-56/h22-26,28,35,39,41-44,49-53,56-57H,18-21,27,29-34,36-38H2,1-17H3,(H,74,89)(H,75,86)(H,76,90)(H,77,88)/t41-,42-,43-,44-,49-,50?,51-,52-,53-,56-,57-/m0/s1. The van der Waals surface area contributed by atoms with Crippen LogP contribution in [0.5, 0.6) is 0 Å². The predicted octanol–water partition coefficient (Wildman–Crippen LogP) is 4.59. The second-order valence-corrected chi connectivity index (χ2v) is 27.9. The maximum absolute atomic E-state index is 15.2. The predicted molar refractivity (Wildman–Crippen MR) is 358 cm³/mol. The summed E-state index contributed by atoms with van der Waals surface area (Å²) < 4.78 is 41.3. The minimum absolute atomic E-state index is 0.0548. The molecule has 24 nitrogen and oxygen atoms in total. The smallest absolute Gasteiger partial charge is 0.347 e. The van der Waals surface area contributed by atoms with Gasteiger partial charge in [0.05, 0.1) is 23.6 Å². The van der Waals surface area contributed by atoms with E-state index in [0.29, 0.717) is 31.2 Å². The van der Waals surface area contributed by atoms with Gasteiger partial charge in [0.15, 0.2) is 0 Å². The minimum atomic E-state index is -4.78. The first-order valence-electron chi connectivity index (χ1n) is 33.5. The van der Waals surface area contributed by atoms with E-state index in [1.54, 1.807) is 32.9 Å². The zero-order valence-electron chi connectivity index (χ0n) is 59.4. The van der Waals surface area contributed by atoms with Gasteiger partial charge in [-0.05, 0) is 100 Å². The molecule has 11 atom stereocenters. The molecule has 12 amide bonds. The van der Waals surface area contributed by atoms with Gasteiger partial charge in [0.25, 0.3) is 0 Å². The van der Waals surface area contributed by atoms with Crippen LogP contribution >= 0.6 is 11.6 Å². The summed E-state index contributed by atoms with van der Waals surface area (Å²) >= 11 is 6.09. The number of benzene rings is 2. The summed E-state index contributed by atoms with van der Waals surface area (Å²) in [7, 11) is 11.2. The monoisotopic (exact) mass is 1380 g/mol. The molecule has 3 aliphatic rings. The van der Waals surface area contributed by atoms with Crippen molar-refractivity contribution < 1.29 is 70.7 Å². The molecule has 0 bridgehead atoms. The van der Waals surface area contributed by atoms with E-state index in [0.717, 1.165) is 27.5 Å². The van der Waals surface area contributed by atoms with Crippen molar-refractivity contribution in [2.24, 2.45) is 17.8 Å². The van der Waals surface area contributed by atoms with Gasteiger partial charge in [-0.2, -0.15) is 13.2 Å². The zero-order valence-corrected chi connectivity index (χ0v) is 60.1. The number of hydrogen-bond acceptors (Lipinski definition) is 12. The number of halogens is 4. The number of alkyl halides is 3. The molecule has 1 unspecified atom stereocenters. The van der Waals surface area contributed by atoms with Crippen LogP contribution in [0.15, 0.2) is 42.5 Å². The molecule has 1 saturated carbocycles. The third kappa shape index (κ3) is 19.5. The van der Waals surface area contributed by atoms with Crippen molar-refractivity contribution in [3.8, 4) is 0 Å². The second-order valence-electron chi connectivity index (χ2n) is 27.5. The summed E-state index contributed by atoms with van der Waals surface area (Å²) in [6.07, 6.45) is -3.67. The molecule has 2 aromatic rings. The van der Waals surface area contributed by atoms with Gasteiger partial charge in [-0.15, -0.1) is 0 Å². The van der Waals surface area contributed by atoms with Crippen LogP contribution in [0, 0.1) is 24.7 Å². The Morgan fingerprint density at radius 2 is 1.29 bits per heavy atom. The number of rotatable bonds is 12. The molecule has 0 aromatic heterocycles. The Kier molecular flexibility index (Phi) is 28.1. The van der Waals surface area contributed by atoms with Crippen molar-refractivity contribution in [1.82, 2.24) is 60.5 Å². The number of amides is 12. The summed E-state index contributed by atoms with van der Waals surface area (Å²) in [4.78, 5) is 186. The Bertz CT molecular complexity index is 3220. The van der Waals surface area contributed by atoms with E-state index < -0.39 is 172 Å². The maximum Gasteiger partial charge on any atom is 0.417 e. The fourth-order valence-corrected chi connectivity index (χ4v) is 13.0. The van der Waals surface area contributed by atoms with Crippen molar-refractivity contribution in [3.05, 3.63) is 69.7 Å². The lowest BCUT2D eigenvalue weighted by molar-refractivity contribution is -0.160. The number of hydrogen-bond donors (Lipinski definition) is 4. The molecule has 1 spiro atoms. The van der Waals surface area contributed by atoms with Crippen molar-refractivity contribution in [2.45, 2.75) is 205 Å². The van der Waals surface area contributed by atoms with Crippen LogP contribution in [0.4, 0.5) is 13.2 Å². The molecule has 2 aliphatic heterocycles. The van der Waals surface area contributed by atoms with Crippen LogP contribution in [-0.2, 0) is 76.6 Å². The molecule has 3 fully saturated rings. The van der Waals surface area contributed by atoms with E-state index in [4.69, 9.17) is 11.6 Å². The average Bonchev–Trinajstić information content (AvgIpc) is 1.08. The lowest BCUT2D eigenvalue weighted by Gasteiger charge is -2.45. The lowest BCUT2D eigenvalue weighted by atomic mass is 9.90. The SMILES string of the molecule is CC[C@H](C)[C@@H]1NC(=O)[C@H](CC(C)C)N(C)C(=O)C[C@@H](C(=O)N(C)C)N(C)C(=O)[C@H]([C@@H](C)CC)N(C)C(=O)C2(CCCC2)NC(=O)[C@H](C)NC(=O)[C@H](CCc2ccc(C(F)(F)F)c(Cl)c2)NC(=O)CN(C)C(=O)[C@H](Cc2ccc(C)cc2)N(C)C(=O)C2CCN2C(=O)[C@H](C)N(C)C1=O. The number of nitrogens with one attached hydrogen (secondary N) is 4. The van der Waals surface area contributed by atoms with Gasteiger partial charge in [0.2, 0.25) is 70.9 Å². The van der Waals surface area contributed by atoms with Crippen molar-refractivity contribution in [2.75, 3.05) is 69.5 Å². The fraction of sp³-hybridized carbons (Fsp3) is 0.652. The van der Waals surface area contributed by atoms with E-state index in [2.05, 4.69) is 21.3 Å². The Morgan fingerprint density at radius 1 is 0.691 bits per heavy atom. The molecular formula is C69H102ClF3N12O12. The molecule has 2 heterocycles. The third-order valence-electron chi connectivity index (χ3n) is 19.7. The Hall–Kier alpha value is -7.84. The number of carbonyl (C=O) groups excluding carboxylic acids is 12. The topological polar surface area (TPSA) is 279 Å². The van der Waals surface area contributed by atoms with E-state index in [-0.39, 0.29) is 63.0 Å². The van der Waals surface area contributed by atoms with E-state index in [9.17, 15) is 61.1 Å². The van der Waals surface area contributed by atoms with E-state index in [1.807, 2.05) is 39.8 Å². The van der Waals surface area contributed by atoms with Crippen LogP contribution in [0.2, 0.25) is 5.02 Å². The van der Waals surface area contributed by atoms with E-state index in [1.165, 1.54) is 106 Å². The van der Waals surface area contributed by atoms with Crippen LogP contribution in [0.1, 0.15) is 142 Å². The zero-order chi connectivity index (χ0) is 73.0. The highest BCUT2D eigenvalue weighted by molar-refractivity contribution is 6.31. The average molecular weight is 1380 g/mol. The number of fused-ring (bicyclic) bond motifs is 1. The fourth-order valence-electron chi connectivity index (χ4n) is 12.7. The largest absolute Gasteiger partial charge is 0.417 e. The van der Waals surface area contributed by atoms with Crippen molar-refractivity contribution >= 4 is 82.5 Å². The third-order valence-corrected chi connectivity index (χ3v) is 20.0. The minimum Gasteiger partial charge on any atom is -0.347 e. The van der Waals surface area contributed by atoms with Crippen molar-refractivity contribution in [1.29, 1.82) is 0 Å². The number of carbonyl (C=O) groups is 12. The highest BCUT2D eigenvalue weighted by atomic mass is 35.5. The normalized spacial score (nSPS) is 25.7. The maximum atomic E-state index is 15.2. The van der Waals surface area contributed by atoms with Gasteiger partial charge in [-0.25, -0.2) is 0 Å². The van der Waals surface area contributed by atoms with Gasteiger partial charge in [0, 0.05) is 69.3 Å². The summed E-state index contributed by atoms with van der Waals surface area (Å²) in [5.74, 6) is -9.96. The molecular weight excluding hydrogens is 1280 g/mol. The first-order chi connectivity index (χ1) is 45.2. The van der Waals surface area contributed by atoms with Crippen molar-refractivity contribution in [3.63, 3.8) is 0 Å². The first kappa shape index (κ1) is 79.8. The quantitative estimate of drug-likeness (QED) is 0.227. The molecule has 28 heteroatoms. The summed E-state index contributed by atoms with van der Waals surface area (Å²) in [6, 6.07) is -1.49. The molecule has 5 rings (SSSR count). The molecule has 2 saturated heterocycles. The summed E-state index contributed by atoms with van der Waals surface area (Å²) in [5, 5.41) is 10.4. The Labute approximate surface area is 573 Å². The highest BCUT2D eigenvalue weighted by Gasteiger charge is 2.50. The number of likely N-dealkylation sites (N-methyl/N-ethyl adjacent to an activating group) is 7. The molecule has 4 N–H and O–H groups in total. The Balaban J connectivity index is 1.62. The van der Waals surface area contributed by atoms with Gasteiger partial charge in [0.1, 0.15) is 59.9 Å².